The molecule has 0 spiro atoms. The normalized spacial score (nSPS) is 16.2. The van der Waals surface area contributed by atoms with Crippen LogP contribution in [0, 0.1) is 12.8 Å². The summed E-state index contributed by atoms with van der Waals surface area (Å²) < 4.78 is 10.9. The molecule has 2 aromatic rings. The first-order valence-corrected chi connectivity index (χ1v) is 9.86. The number of amides is 2. The number of carbonyl (C=O) groups is 2. The zero-order chi connectivity index (χ0) is 20.8. The Morgan fingerprint density at radius 1 is 1.28 bits per heavy atom. The lowest BCUT2D eigenvalue weighted by Crippen LogP contribution is -2.43. The van der Waals surface area contributed by atoms with Gasteiger partial charge in [0.05, 0.1) is 19.6 Å². The first-order chi connectivity index (χ1) is 14.0. The third-order valence-electron chi connectivity index (χ3n) is 5.04. The number of piperidine rings is 1. The van der Waals surface area contributed by atoms with Crippen LogP contribution < -0.4 is 14.8 Å². The molecule has 7 nitrogen and oxygen atoms in total. The summed E-state index contributed by atoms with van der Waals surface area (Å²) in [7, 11) is 1.55. The van der Waals surface area contributed by atoms with Crippen molar-refractivity contribution in [3.63, 3.8) is 0 Å². The molecule has 3 rings (SSSR count). The number of ether oxygens (including phenoxy) is 2. The van der Waals surface area contributed by atoms with Crippen LogP contribution in [0.1, 0.15) is 35.7 Å². The van der Waals surface area contributed by atoms with Gasteiger partial charge < -0.3 is 19.7 Å². The lowest BCUT2D eigenvalue weighted by Gasteiger charge is -2.32. The predicted molar refractivity (Wildman–Crippen MR) is 110 cm³/mol. The number of aromatic nitrogens is 1. The van der Waals surface area contributed by atoms with Crippen LogP contribution in [0.5, 0.6) is 11.5 Å². The third kappa shape index (κ3) is 4.85. The SMILES string of the molecule is CCOc1ccc(C(=O)N2CCCC(C(=O)Nc3ncccc3C)C2)cc1OC. The van der Waals surface area contributed by atoms with Crippen molar-refractivity contribution in [2.75, 3.05) is 32.1 Å². The molecule has 0 aliphatic carbocycles. The molecule has 1 aromatic carbocycles. The van der Waals surface area contributed by atoms with Crippen LogP contribution in [-0.2, 0) is 4.79 Å². The van der Waals surface area contributed by atoms with Gasteiger partial charge in [-0.1, -0.05) is 6.07 Å². The number of aryl methyl sites for hydroxylation is 1. The summed E-state index contributed by atoms with van der Waals surface area (Å²) in [5.41, 5.74) is 1.43. The van der Waals surface area contributed by atoms with Gasteiger partial charge in [0, 0.05) is 24.8 Å². The first-order valence-electron chi connectivity index (χ1n) is 9.86. The number of likely N-dealkylation sites (tertiary alicyclic amines) is 1. The second-order valence-electron chi connectivity index (χ2n) is 7.05. The minimum atomic E-state index is -0.265. The number of nitrogens with zero attached hydrogens (tertiary/aromatic N) is 2. The van der Waals surface area contributed by atoms with E-state index >= 15 is 0 Å². The van der Waals surface area contributed by atoms with E-state index in [1.54, 1.807) is 36.4 Å². The maximum atomic E-state index is 13.0. The fourth-order valence-electron chi connectivity index (χ4n) is 3.47. The molecule has 0 radical (unpaired) electrons. The standard InChI is InChI=1S/C22H27N3O4/c1-4-29-18-10-9-16(13-19(18)28-3)22(27)25-12-6-8-17(14-25)21(26)24-20-15(2)7-5-11-23-20/h5,7,9-11,13,17H,4,6,8,12,14H2,1-3H3,(H,23,24,26). The van der Waals surface area contributed by atoms with Crippen LogP contribution in [0.4, 0.5) is 5.82 Å². The fraction of sp³-hybridized carbons (Fsp3) is 0.409. The lowest BCUT2D eigenvalue weighted by molar-refractivity contribution is -0.121. The van der Waals surface area contributed by atoms with E-state index in [2.05, 4.69) is 10.3 Å². The van der Waals surface area contributed by atoms with E-state index in [1.807, 2.05) is 26.0 Å². The molecule has 0 bridgehead atoms. The van der Waals surface area contributed by atoms with Gasteiger partial charge in [-0.2, -0.15) is 0 Å². The van der Waals surface area contributed by atoms with E-state index in [9.17, 15) is 9.59 Å². The molecule has 1 N–H and O–H groups in total. The molecule has 2 heterocycles. The fourth-order valence-corrected chi connectivity index (χ4v) is 3.47. The summed E-state index contributed by atoms with van der Waals surface area (Å²) in [6.45, 7) is 5.32. The molecule has 1 aliphatic rings. The molecule has 29 heavy (non-hydrogen) atoms. The van der Waals surface area contributed by atoms with E-state index in [0.717, 1.165) is 18.4 Å². The molecule has 154 valence electrons. The summed E-state index contributed by atoms with van der Waals surface area (Å²) in [6, 6.07) is 8.90. The van der Waals surface area contributed by atoms with Gasteiger partial charge in [0.15, 0.2) is 11.5 Å². The molecule has 1 saturated heterocycles. The molecule has 1 aliphatic heterocycles. The highest BCUT2D eigenvalue weighted by molar-refractivity contribution is 5.96. The molecular weight excluding hydrogens is 370 g/mol. The minimum absolute atomic E-state index is 0.103. The Morgan fingerprint density at radius 3 is 2.83 bits per heavy atom. The predicted octanol–water partition coefficient (Wildman–Crippen LogP) is 3.29. The average molecular weight is 397 g/mol. The number of pyridine rings is 1. The van der Waals surface area contributed by atoms with Gasteiger partial charge in [-0.25, -0.2) is 4.98 Å². The van der Waals surface area contributed by atoms with Gasteiger partial charge >= 0.3 is 0 Å². The number of benzene rings is 1. The second-order valence-corrected chi connectivity index (χ2v) is 7.05. The number of hydrogen-bond acceptors (Lipinski definition) is 5. The summed E-state index contributed by atoms with van der Waals surface area (Å²) >= 11 is 0. The number of rotatable bonds is 6. The Hall–Kier alpha value is -3.09. The zero-order valence-corrected chi connectivity index (χ0v) is 17.1. The largest absolute Gasteiger partial charge is 0.493 e. The van der Waals surface area contributed by atoms with Crippen molar-refractivity contribution in [2.24, 2.45) is 5.92 Å². The molecule has 7 heteroatoms. The maximum absolute atomic E-state index is 13.0. The van der Waals surface area contributed by atoms with Crippen molar-refractivity contribution >= 4 is 17.6 Å². The van der Waals surface area contributed by atoms with E-state index in [-0.39, 0.29) is 17.7 Å². The summed E-state index contributed by atoms with van der Waals surface area (Å²) in [4.78, 5) is 31.7. The smallest absolute Gasteiger partial charge is 0.254 e. The van der Waals surface area contributed by atoms with Crippen molar-refractivity contribution in [1.29, 1.82) is 0 Å². The number of carbonyl (C=O) groups excluding carboxylic acids is 2. The van der Waals surface area contributed by atoms with E-state index in [0.29, 0.717) is 42.6 Å². The Kier molecular flexibility index (Phi) is 6.69. The highest BCUT2D eigenvalue weighted by Gasteiger charge is 2.29. The van der Waals surface area contributed by atoms with Crippen molar-refractivity contribution < 1.29 is 19.1 Å². The summed E-state index contributed by atoms with van der Waals surface area (Å²) in [5.74, 6) is 1.21. The van der Waals surface area contributed by atoms with Crippen LogP contribution in [0.3, 0.4) is 0 Å². The molecular formula is C22H27N3O4. The van der Waals surface area contributed by atoms with Crippen molar-refractivity contribution in [3.05, 3.63) is 47.7 Å². The van der Waals surface area contributed by atoms with E-state index in [4.69, 9.17) is 9.47 Å². The molecule has 1 aromatic heterocycles. The average Bonchev–Trinajstić information content (AvgIpc) is 2.75. The van der Waals surface area contributed by atoms with Crippen LogP contribution in [-0.4, -0.2) is 48.5 Å². The molecule has 1 fully saturated rings. The van der Waals surface area contributed by atoms with Gasteiger partial charge in [-0.3, -0.25) is 9.59 Å². The third-order valence-corrected chi connectivity index (χ3v) is 5.04. The van der Waals surface area contributed by atoms with Gasteiger partial charge in [0.25, 0.3) is 5.91 Å². The van der Waals surface area contributed by atoms with Crippen LogP contribution >= 0.6 is 0 Å². The Bertz CT molecular complexity index is 884. The van der Waals surface area contributed by atoms with Gasteiger partial charge in [0.1, 0.15) is 5.82 Å². The second kappa shape index (κ2) is 9.41. The topological polar surface area (TPSA) is 80.8 Å². The van der Waals surface area contributed by atoms with Gasteiger partial charge in [0.2, 0.25) is 5.91 Å². The van der Waals surface area contributed by atoms with Crippen LogP contribution in [0.25, 0.3) is 0 Å². The van der Waals surface area contributed by atoms with Crippen LogP contribution in [0.2, 0.25) is 0 Å². The van der Waals surface area contributed by atoms with Gasteiger partial charge in [-0.05, 0) is 56.5 Å². The maximum Gasteiger partial charge on any atom is 0.254 e. The summed E-state index contributed by atoms with van der Waals surface area (Å²) in [5, 5.41) is 2.89. The molecule has 0 saturated carbocycles. The number of hydrogen-bond donors (Lipinski definition) is 1. The van der Waals surface area contributed by atoms with E-state index < -0.39 is 0 Å². The highest BCUT2D eigenvalue weighted by Crippen LogP contribution is 2.29. The number of anilines is 1. The molecule has 2 amide bonds. The minimum Gasteiger partial charge on any atom is -0.493 e. The Morgan fingerprint density at radius 2 is 2.10 bits per heavy atom. The lowest BCUT2D eigenvalue weighted by atomic mass is 9.96. The number of methoxy groups -OCH3 is 1. The van der Waals surface area contributed by atoms with Crippen molar-refractivity contribution in [2.45, 2.75) is 26.7 Å². The van der Waals surface area contributed by atoms with Gasteiger partial charge in [-0.15, -0.1) is 0 Å². The van der Waals surface area contributed by atoms with Crippen molar-refractivity contribution in [3.8, 4) is 11.5 Å². The quantitative estimate of drug-likeness (QED) is 0.809. The van der Waals surface area contributed by atoms with Crippen LogP contribution in [0.15, 0.2) is 36.5 Å². The monoisotopic (exact) mass is 397 g/mol. The first kappa shape index (κ1) is 20.6. The summed E-state index contributed by atoms with van der Waals surface area (Å²) in [6.07, 6.45) is 3.17. The Labute approximate surface area is 171 Å². The van der Waals surface area contributed by atoms with E-state index in [1.165, 1.54) is 0 Å². The molecule has 1 atom stereocenters. The van der Waals surface area contributed by atoms with Crippen molar-refractivity contribution in [1.82, 2.24) is 9.88 Å². The highest BCUT2D eigenvalue weighted by atomic mass is 16.5. The Balaban J connectivity index is 1.69. The molecule has 1 unspecified atom stereocenters. The number of nitrogens with one attached hydrogen (secondary N) is 1. The zero-order valence-electron chi connectivity index (χ0n) is 17.1.